The molecule has 1 N–H and O–H groups in total. The van der Waals surface area contributed by atoms with Gasteiger partial charge in [-0.05, 0) is 17.7 Å². The zero-order valence-corrected chi connectivity index (χ0v) is 10.1. The summed E-state index contributed by atoms with van der Waals surface area (Å²) in [5.74, 6) is 0. The smallest absolute Gasteiger partial charge is 0.0390 e. The third-order valence-electron chi connectivity index (χ3n) is 2.41. The van der Waals surface area contributed by atoms with Crippen molar-refractivity contribution in [2.24, 2.45) is 0 Å². The van der Waals surface area contributed by atoms with E-state index in [-0.39, 0.29) is 17.8 Å². The highest BCUT2D eigenvalue weighted by Gasteiger charge is 2.31. The highest BCUT2D eigenvalue weighted by Crippen LogP contribution is 2.40. The van der Waals surface area contributed by atoms with E-state index in [0.717, 1.165) is 6.54 Å². The summed E-state index contributed by atoms with van der Waals surface area (Å²) >= 11 is 3.58. The van der Waals surface area contributed by atoms with Gasteiger partial charge in [0.25, 0.3) is 0 Å². The Morgan fingerprint density at radius 3 is 2.69 bits per heavy atom. The summed E-state index contributed by atoms with van der Waals surface area (Å²) in [5.41, 5.74) is 2.94. The molecule has 1 heterocycles. The molecule has 0 amide bonds. The standard InChI is InChI=1S/C10H12BrN.ClH/c1-10(2)6-12-8-5-3-4-7(11)9(8)10;/h3-5,12H,6H2,1-2H3;1H. The number of nitrogens with one attached hydrogen (secondary N) is 1. The van der Waals surface area contributed by atoms with Crippen LogP contribution in [0.2, 0.25) is 0 Å². The predicted octanol–water partition coefficient (Wildman–Crippen LogP) is 3.57. The van der Waals surface area contributed by atoms with Crippen molar-refractivity contribution in [1.82, 2.24) is 0 Å². The van der Waals surface area contributed by atoms with Gasteiger partial charge in [-0.3, -0.25) is 0 Å². The minimum atomic E-state index is 0. The van der Waals surface area contributed by atoms with E-state index in [4.69, 9.17) is 0 Å². The third kappa shape index (κ3) is 1.70. The Morgan fingerprint density at radius 2 is 2.08 bits per heavy atom. The van der Waals surface area contributed by atoms with Gasteiger partial charge in [0.05, 0.1) is 0 Å². The van der Waals surface area contributed by atoms with Crippen LogP contribution >= 0.6 is 28.3 Å². The van der Waals surface area contributed by atoms with Crippen molar-refractivity contribution < 1.29 is 0 Å². The molecule has 0 spiro atoms. The summed E-state index contributed by atoms with van der Waals surface area (Å²) in [6.07, 6.45) is 0. The molecule has 13 heavy (non-hydrogen) atoms. The lowest BCUT2D eigenvalue weighted by Crippen LogP contribution is -2.19. The lowest BCUT2D eigenvalue weighted by Gasteiger charge is -2.18. The number of fused-ring (bicyclic) bond motifs is 1. The molecule has 2 rings (SSSR count). The van der Waals surface area contributed by atoms with Crippen LogP contribution < -0.4 is 5.32 Å². The zero-order valence-electron chi connectivity index (χ0n) is 7.73. The minimum absolute atomic E-state index is 0. The van der Waals surface area contributed by atoms with E-state index < -0.39 is 0 Å². The fourth-order valence-corrected chi connectivity index (χ4v) is 2.67. The van der Waals surface area contributed by atoms with Crippen LogP contribution in [0.4, 0.5) is 5.69 Å². The monoisotopic (exact) mass is 261 g/mol. The van der Waals surface area contributed by atoms with Gasteiger partial charge in [0.15, 0.2) is 0 Å². The molecular weight excluding hydrogens is 249 g/mol. The Hall–Kier alpha value is -0.210. The van der Waals surface area contributed by atoms with Gasteiger partial charge in [-0.15, -0.1) is 12.4 Å². The van der Waals surface area contributed by atoms with Gasteiger partial charge in [-0.1, -0.05) is 35.8 Å². The summed E-state index contributed by atoms with van der Waals surface area (Å²) in [6.45, 7) is 5.55. The molecular formula is C10H13BrClN. The van der Waals surface area contributed by atoms with E-state index in [0.29, 0.717) is 0 Å². The quantitative estimate of drug-likeness (QED) is 0.754. The first kappa shape index (κ1) is 10.9. The highest BCUT2D eigenvalue weighted by molar-refractivity contribution is 9.10. The number of benzene rings is 1. The van der Waals surface area contributed by atoms with Gasteiger partial charge in [0.2, 0.25) is 0 Å². The average molecular weight is 263 g/mol. The summed E-state index contributed by atoms with van der Waals surface area (Å²) in [7, 11) is 0. The first-order valence-corrected chi connectivity index (χ1v) is 4.93. The largest absolute Gasteiger partial charge is 0.384 e. The Labute approximate surface area is 93.5 Å². The van der Waals surface area contributed by atoms with Gasteiger partial charge in [-0.2, -0.15) is 0 Å². The highest BCUT2D eigenvalue weighted by atomic mass is 79.9. The lowest BCUT2D eigenvalue weighted by atomic mass is 9.87. The Bertz CT molecular complexity index is 323. The van der Waals surface area contributed by atoms with Crippen molar-refractivity contribution in [3.8, 4) is 0 Å². The van der Waals surface area contributed by atoms with Crippen molar-refractivity contribution in [1.29, 1.82) is 0 Å². The molecule has 1 nitrogen and oxygen atoms in total. The SMILES string of the molecule is CC1(C)CNc2cccc(Br)c21.Cl. The fourth-order valence-electron chi connectivity index (χ4n) is 1.76. The van der Waals surface area contributed by atoms with Gasteiger partial charge >= 0.3 is 0 Å². The van der Waals surface area contributed by atoms with Crippen LogP contribution in [0.25, 0.3) is 0 Å². The summed E-state index contributed by atoms with van der Waals surface area (Å²) in [6, 6.07) is 6.31. The lowest BCUT2D eigenvalue weighted by molar-refractivity contribution is 0.584. The minimum Gasteiger partial charge on any atom is -0.384 e. The number of hydrogen-bond acceptors (Lipinski definition) is 1. The molecule has 72 valence electrons. The van der Waals surface area contributed by atoms with E-state index in [2.05, 4.69) is 53.3 Å². The van der Waals surface area contributed by atoms with Gasteiger partial charge < -0.3 is 5.32 Å². The first-order valence-electron chi connectivity index (χ1n) is 4.14. The molecule has 0 saturated heterocycles. The van der Waals surface area contributed by atoms with Crippen LogP contribution in [0.5, 0.6) is 0 Å². The van der Waals surface area contributed by atoms with Crippen LogP contribution in [-0.4, -0.2) is 6.54 Å². The molecule has 1 aromatic carbocycles. The van der Waals surface area contributed by atoms with E-state index in [9.17, 15) is 0 Å². The molecule has 1 aliphatic heterocycles. The Balaban J connectivity index is 0.000000845. The molecule has 0 bridgehead atoms. The predicted molar refractivity (Wildman–Crippen MR) is 62.9 cm³/mol. The molecule has 1 aliphatic rings. The van der Waals surface area contributed by atoms with Crippen LogP contribution in [0.15, 0.2) is 22.7 Å². The Kier molecular flexibility index (Phi) is 2.93. The second kappa shape index (κ2) is 3.50. The molecule has 0 saturated carbocycles. The second-order valence-electron chi connectivity index (χ2n) is 3.90. The Morgan fingerprint density at radius 1 is 1.38 bits per heavy atom. The van der Waals surface area contributed by atoms with Crippen LogP contribution in [0.1, 0.15) is 19.4 Å². The number of hydrogen-bond donors (Lipinski definition) is 1. The topological polar surface area (TPSA) is 12.0 Å². The second-order valence-corrected chi connectivity index (χ2v) is 4.75. The molecule has 0 fully saturated rings. The van der Waals surface area contributed by atoms with Gasteiger partial charge in [-0.25, -0.2) is 0 Å². The van der Waals surface area contributed by atoms with Crippen molar-refractivity contribution in [2.75, 3.05) is 11.9 Å². The third-order valence-corrected chi connectivity index (χ3v) is 3.07. The average Bonchev–Trinajstić information content (AvgIpc) is 2.29. The summed E-state index contributed by atoms with van der Waals surface area (Å²) in [4.78, 5) is 0. The van der Waals surface area contributed by atoms with E-state index in [1.54, 1.807) is 0 Å². The normalized spacial score (nSPS) is 17.2. The molecule has 0 aliphatic carbocycles. The number of halogens is 2. The fraction of sp³-hybridized carbons (Fsp3) is 0.400. The number of anilines is 1. The maximum Gasteiger partial charge on any atom is 0.0390 e. The molecule has 0 atom stereocenters. The molecule has 1 aromatic rings. The summed E-state index contributed by atoms with van der Waals surface area (Å²) in [5, 5.41) is 3.40. The van der Waals surface area contributed by atoms with Gasteiger partial charge in [0.1, 0.15) is 0 Å². The maximum absolute atomic E-state index is 3.58. The van der Waals surface area contributed by atoms with E-state index in [1.807, 2.05) is 0 Å². The zero-order chi connectivity index (χ0) is 8.77. The van der Waals surface area contributed by atoms with Gasteiger partial charge in [0, 0.05) is 22.1 Å². The van der Waals surface area contributed by atoms with E-state index in [1.165, 1.54) is 15.7 Å². The van der Waals surface area contributed by atoms with Crippen molar-refractivity contribution in [3.63, 3.8) is 0 Å². The van der Waals surface area contributed by atoms with Crippen molar-refractivity contribution in [2.45, 2.75) is 19.3 Å². The van der Waals surface area contributed by atoms with Crippen LogP contribution in [-0.2, 0) is 5.41 Å². The maximum atomic E-state index is 3.58. The van der Waals surface area contributed by atoms with Crippen LogP contribution in [0.3, 0.4) is 0 Å². The summed E-state index contributed by atoms with van der Waals surface area (Å²) < 4.78 is 1.22. The van der Waals surface area contributed by atoms with Crippen LogP contribution in [0, 0.1) is 0 Å². The number of rotatable bonds is 0. The van der Waals surface area contributed by atoms with Crippen molar-refractivity contribution in [3.05, 3.63) is 28.2 Å². The molecule has 0 radical (unpaired) electrons. The molecule has 3 heteroatoms. The first-order chi connectivity index (χ1) is 5.61. The van der Waals surface area contributed by atoms with E-state index >= 15 is 0 Å². The molecule has 0 aromatic heterocycles. The van der Waals surface area contributed by atoms with Crippen molar-refractivity contribution >= 4 is 34.0 Å². The molecule has 0 unspecified atom stereocenters.